The van der Waals surface area contributed by atoms with Crippen LogP contribution in [0.5, 0.6) is 0 Å². The van der Waals surface area contributed by atoms with E-state index in [1.54, 1.807) is 0 Å². The maximum absolute atomic E-state index is 12.7. The average Bonchev–Trinajstić information content (AvgIpc) is 3.27. The maximum Gasteiger partial charge on any atom is 0.293 e. The summed E-state index contributed by atoms with van der Waals surface area (Å²) in [6, 6.07) is 14.0. The van der Waals surface area contributed by atoms with Gasteiger partial charge in [-0.1, -0.05) is 42.8 Å². The molecule has 1 N–H and O–H groups in total. The van der Waals surface area contributed by atoms with E-state index in [9.17, 15) is 4.79 Å². The number of hydrogen-bond donors (Lipinski definition) is 1. The number of carbonyl (C=O) groups is 1. The number of hydrogen-bond acceptors (Lipinski definition) is 5. The molecule has 4 aromatic rings. The molecule has 0 aliphatic rings. The summed E-state index contributed by atoms with van der Waals surface area (Å²) < 4.78 is 10.1. The topological polar surface area (TPSA) is 68.0 Å². The fourth-order valence-corrected chi connectivity index (χ4v) is 3.54. The molecular formula is C21H19N3O2S. The van der Waals surface area contributed by atoms with E-state index in [4.69, 9.17) is 4.42 Å². The molecule has 2 aromatic carbocycles. The lowest BCUT2D eigenvalue weighted by atomic mass is 10.1. The quantitative estimate of drug-likeness (QED) is 0.518. The van der Waals surface area contributed by atoms with Crippen LogP contribution in [0.2, 0.25) is 0 Å². The van der Waals surface area contributed by atoms with Crippen molar-refractivity contribution in [2.45, 2.75) is 27.2 Å². The Kier molecular flexibility index (Phi) is 4.49. The molecule has 0 saturated heterocycles. The van der Waals surface area contributed by atoms with Gasteiger partial charge in [-0.15, -0.1) is 0 Å². The molecular weight excluding hydrogens is 358 g/mol. The number of anilines is 1. The summed E-state index contributed by atoms with van der Waals surface area (Å²) in [5, 5.41) is 4.22. The highest BCUT2D eigenvalue weighted by Gasteiger charge is 2.19. The highest BCUT2D eigenvalue weighted by molar-refractivity contribution is 7.10. The molecule has 1 amide bonds. The minimum atomic E-state index is -0.312. The van der Waals surface area contributed by atoms with Crippen LogP contribution in [-0.2, 0) is 6.42 Å². The molecule has 0 bridgehead atoms. The number of carbonyl (C=O) groups excluding carboxylic acids is 1. The lowest BCUT2D eigenvalue weighted by Gasteiger charge is -1.99. The van der Waals surface area contributed by atoms with Gasteiger partial charge in [0.25, 0.3) is 5.91 Å². The number of aromatic nitrogens is 2. The number of fused-ring (bicyclic) bond motifs is 1. The minimum Gasteiger partial charge on any atom is -0.451 e. The van der Waals surface area contributed by atoms with Crippen LogP contribution in [0.4, 0.5) is 5.13 Å². The van der Waals surface area contributed by atoms with Gasteiger partial charge in [-0.05, 0) is 38.0 Å². The first kappa shape index (κ1) is 17.4. The molecule has 0 radical (unpaired) electrons. The SMILES string of the molecule is CCc1ccc2oc(C(=O)Nc3nc(-c4ccc(C)cc4)ns3)c(C)c2c1. The predicted molar refractivity (Wildman–Crippen MR) is 108 cm³/mol. The second-order valence-corrected chi connectivity index (χ2v) is 7.24. The Labute approximate surface area is 161 Å². The molecule has 5 nitrogen and oxygen atoms in total. The summed E-state index contributed by atoms with van der Waals surface area (Å²) in [7, 11) is 0. The van der Waals surface area contributed by atoms with Gasteiger partial charge in [-0.2, -0.15) is 9.36 Å². The maximum atomic E-state index is 12.7. The van der Waals surface area contributed by atoms with Crippen molar-refractivity contribution < 1.29 is 9.21 Å². The molecule has 27 heavy (non-hydrogen) atoms. The zero-order valence-corrected chi connectivity index (χ0v) is 16.2. The second-order valence-electron chi connectivity index (χ2n) is 6.48. The van der Waals surface area contributed by atoms with Gasteiger partial charge >= 0.3 is 0 Å². The summed E-state index contributed by atoms with van der Waals surface area (Å²) in [5.74, 6) is 0.600. The average molecular weight is 377 g/mol. The molecule has 136 valence electrons. The highest BCUT2D eigenvalue weighted by atomic mass is 32.1. The van der Waals surface area contributed by atoms with E-state index in [0.29, 0.717) is 22.3 Å². The molecule has 6 heteroatoms. The van der Waals surface area contributed by atoms with E-state index in [0.717, 1.165) is 34.5 Å². The van der Waals surface area contributed by atoms with E-state index in [1.807, 2.05) is 50.2 Å². The van der Waals surface area contributed by atoms with Crippen molar-refractivity contribution >= 4 is 33.5 Å². The Morgan fingerprint density at radius 1 is 1.15 bits per heavy atom. The van der Waals surface area contributed by atoms with Crippen molar-refractivity contribution in [1.82, 2.24) is 9.36 Å². The van der Waals surface area contributed by atoms with E-state index < -0.39 is 0 Å². The van der Waals surface area contributed by atoms with E-state index in [-0.39, 0.29) is 5.91 Å². The van der Waals surface area contributed by atoms with E-state index >= 15 is 0 Å². The Balaban J connectivity index is 1.58. The molecule has 0 fully saturated rings. The normalized spacial score (nSPS) is 11.1. The number of amides is 1. The van der Waals surface area contributed by atoms with Gasteiger partial charge in [0.15, 0.2) is 11.6 Å². The molecule has 0 spiro atoms. The largest absolute Gasteiger partial charge is 0.451 e. The van der Waals surface area contributed by atoms with Crippen molar-refractivity contribution in [2.24, 2.45) is 0 Å². The summed E-state index contributed by atoms with van der Waals surface area (Å²) in [6.45, 7) is 6.03. The lowest BCUT2D eigenvalue weighted by Crippen LogP contribution is -2.11. The van der Waals surface area contributed by atoms with Crippen LogP contribution in [0.1, 0.15) is 34.2 Å². The Hall–Kier alpha value is -2.99. The zero-order chi connectivity index (χ0) is 19.0. The first-order valence-electron chi connectivity index (χ1n) is 8.79. The van der Waals surface area contributed by atoms with Gasteiger partial charge in [0.1, 0.15) is 5.58 Å². The fourth-order valence-electron chi connectivity index (χ4n) is 2.95. The molecule has 2 heterocycles. The molecule has 0 aliphatic heterocycles. The molecule has 0 unspecified atom stereocenters. The first-order valence-corrected chi connectivity index (χ1v) is 9.56. The summed E-state index contributed by atoms with van der Waals surface area (Å²) >= 11 is 1.16. The van der Waals surface area contributed by atoms with Crippen LogP contribution < -0.4 is 5.32 Å². The molecule has 0 aliphatic carbocycles. The predicted octanol–water partition coefficient (Wildman–Crippen LogP) is 5.38. The van der Waals surface area contributed by atoms with Crippen LogP contribution in [0.15, 0.2) is 46.9 Å². The van der Waals surface area contributed by atoms with E-state index in [2.05, 4.69) is 27.7 Å². The van der Waals surface area contributed by atoms with Crippen molar-refractivity contribution in [3.05, 3.63) is 64.9 Å². The number of nitrogens with zero attached hydrogens (tertiary/aromatic N) is 2. The van der Waals surface area contributed by atoms with Gasteiger partial charge in [0.05, 0.1) is 0 Å². The van der Waals surface area contributed by atoms with Crippen LogP contribution >= 0.6 is 11.5 Å². The molecule has 2 aromatic heterocycles. The summed E-state index contributed by atoms with van der Waals surface area (Å²) in [4.78, 5) is 17.1. The summed E-state index contributed by atoms with van der Waals surface area (Å²) in [5.41, 5.74) is 4.86. The van der Waals surface area contributed by atoms with Crippen LogP contribution in [-0.4, -0.2) is 15.3 Å². The van der Waals surface area contributed by atoms with E-state index in [1.165, 1.54) is 11.1 Å². The number of nitrogens with one attached hydrogen (secondary N) is 1. The van der Waals surface area contributed by atoms with Gasteiger partial charge in [0.2, 0.25) is 5.13 Å². The van der Waals surface area contributed by atoms with Crippen LogP contribution in [0.25, 0.3) is 22.4 Å². The van der Waals surface area contributed by atoms with Crippen molar-refractivity contribution in [3.63, 3.8) is 0 Å². The summed E-state index contributed by atoms with van der Waals surface area (Å²) in [6.07, 6.45) is 0.939. The third kappa shape index (κ3) is 3.36. The zero-order valence-electron chi connectivity index (χ0n) is 15.4. The number of rotatable bonds is 4. The minimum absolute atomic E-state index is 0.310. The number of benzene rings is 2. The Bertz CT molecular complexity index is 1130. The molecule has 0 atom stereocenters. The Morgan fingerprint density at radius 2 is 1.93 bits per heavy atom. The van der Waals surface area contributed by atoms with Gasteiger partial charge < -0.3 is 4.42 Å². The van der Waals surface area contributed by atoms with Crippen molar-refractivity contribution in [3.8, 4) is 11.4 Å². The first-order chi connectivity index (χ1) is 13.0. The Morgan fingerprint density at radius 3 is 2.67 bits per heavy atom. The lowest BCUT2D eigenvalue weighted by molar-refractivity contribution is 0.0998. The van der Waals surface area contributed by atoms with Crippen molar-refractivity contribution in [2.75, 3.05) is 5.32 Å². The third-order valence-corrected chi connectivity index (χ3v) is 5.20. The van der Waals surface area contributed by atoms with Crippen LogP contribution in [0.3, 0.4) is 0 Å². The molecule has 0 saturated carbocycles. The fraction of sp³-hybridized carbons (Fsp3) is 0.190. The standard InChI is InChI=1S/C21H19N3O2S/c1-4-14-7-10-17-16(11-14)13(3)18(26-17)20(25)23-21-22-19(24-27-21)15-8-5-12(2)6-9-15/h5-11H,4H2,1-3H3,(H,22,23,24,25). The van der Waals surface area contributed by atoms with Crippen molar-refractivity contribution in [1.29, 1.82) is 0 Å². The number of furan rings is 1. The monoisotopic (exact) mass is 377 g/mol. The van der Waals surface area contributed by atoms with Gasteiger partial charge in [0, 0.05) is 28.0 Å². The highest BCUT2D eigenvalue weighted by Crippen LogP contribution is 2.28. The van der Waals surface area contributed by atoms with Gasteiger partial charge in [-0.3, -0.25) is 10.1 Å². The van der Waals surface area contributed by atoms with Crippen LogP contribution in [0, 0.1) is 13.8 Å². The smallest absolute Gasteiger partial charge is 0.293 e. The molecule has 4 rings (SSSR count). The third-order valence-electron chi connectivity index (χ3n) is 4.57. The van der Waals surface area contributed by atoms with Gasteiger partial charge in [-0.25, -0.2) is 0 Å². The second kappa shape index (κ2) is 6.96. The number of aryl methyl sites for hydroxylation is 3.